The molecule has 1 aromatic rings. The van der Waals surface area contributed by atoms with E-state index in [9.17, 15) is 19.5 Å². The van der Waals surface area contributed by atoms with E-state index in [1.807, 2.05) is 26.0 Å². The topological polar surface area (TPSA) is 77.9 Å². The molecule has 1 aliphatic rings. The third kappa shape index (κ3) is 5.45. The lowest BCUT2D eigenvalue weighted by molar-refractivity contribution is -0.141. The van der Waals surface area contributed by atoms with E-state index in [0.717, 1.165) is 5.56 Å². The zero-order chi connectivity index (χ0) is 20.0. The lowest BCUT2D eigenvalue weighted by Gasteiger charge is -2.19. The first kappa shape index (κ1) is 21.2. The van der Waals surface area contributed by atoms with Gasteiger partial charge in [0, 0.05) is 50.0 Å². The Morgan fingerprint density at radius 2 is 1.74 bits per heavy atom. The van der Waals surface area contributed by atoms with Gasteiger partial charge in [0.15, 0.2) is 0 Å². The van der Waals surface area contributed by atoms with Crippen molar-refractivity contribution in [3.8, 4) is 0 Å². The van der Waals surface area contributed by atoms with Crippen LogP contribution in [0.4, 0.5) is 0 Å². The second-order valence-corrected chi connectivity index (χ2v) is 7.26. The van der Waals surface area contributed by atoms with Crippen LogP contribution in [0, 0.1) is 5.92 Å². The number of benzene rings is 1. The lowest BCUT2D eigenvalue weighted by Crippen LogP contribution is -2.32. The van der Waals surface area contributed by atoms with Gasteiger partial charge in [-0.25, -0.2) is 0 Å². The molecular formula is C20H27ClN2O4. The molecule has 0 bridgehead atoms. The number of rotatable bonds is 8. The van der Waals surface area contributed by atoms with Gasteiger partial charge in [-0.1, -0.05) is 23.7 Å². The molecule has 1 saturated heterocycles. The zero-order valence-electron chi connectivity index (χ0n) is 15.9. The smallest absolute Gasteiger partial charge is 0.308 e. The van der Waals surface area contributed by atoms with E-state index in [4.69, 9.17) is 11.6 Å². The second-order valence-electron chi connectivity index (χ2n) is 6.82. The Balaban J connectivity index is 1.94. The Kier molecular flexibility index (Phi) is 7.66. The van der Waals surface area contributed by atoms with Crippen LogP contribution >= 0.6 is 11.6 Å². The fourth-order valence-corrected chi connectivity index (χ4v) is 3.71. The van der Waals surface area contributed by atoms with Crippen molar-refractivity contribution in [3.05, 3.63) is 34.9 Å². The number of hydrogen-bond acceptors (Lipinski definition) is 3. The standard InChI is InChI=1S/C20H27ClN2O4/c1-3-22(4-2)18(24)6-5-7-19(25)23-12-16(17(13-23)20(26)27)14-8-10-15(21)11-9-14/h8-11,16-17H,3-7,12-13H2,1-2H3,(H,26,27)/t16-,17+/m0/s1. The SMILES string of the molecule is CCN(CC)C(=O)CCCC(=O)N1C[C@@H](C(=O)O)[C@H](c2ccc(Cl)cc2)C1. The van der Waals surface area contributed by atoms with Crippen molar-refractivity contribution < 1.29 is 19.5 Å². The van der Waals surface area contributed by atoms with Crippen molar-refractivity contribution in [2.75, 3.05) is 26.2 Å². The van der Waals surface area contributed by atoms with Gasteiger partial charge in [0.05, 0.1) is 5.92 Å². The van der Waals surface area contributed by atoms with Gasteiger partial charge in [-0.3, -0.25) is 14.4 Å². The highest BCUT2D eigenvalue weighted by Crippen LogP contribution is 2.34. The van der Waals surface area contributed by atoms with Crippen LogP contribution in [0.15, 0.2) is 24.3 Å². The summed E-state index contributed by atoms with van der Waals surface area (Å²) in [5.74, 6) is -1.82. The van der Waals surface area contributed by atoms with Gasteiger partial charge in [-0.05, 0) is 38.0 Å². The predicted molar refractivity (Wildman–Crippen MR) is 104 cm³/mol. The van der Waals surface area contributed by atoms with E-state index in [2.05, 4.69) is 0 Å². The molecule has 148 valence electrons. The highest BCUT2D eigenvalue weighted by Gasteiger charge is 2.40. The summed E-state index contributed by atoms with van der Waals surface area (Å²) < 4.78 is 0. The van der Waals surface area contributed by atoms with Gasteiger partial charge >= 0.3 is 5.97 Å². The zero-order valence-corrected chi connectivity index (χ0v) is 16.6. The second kappa shape index (κ2) is 9.74. The summed E-state index contributed by atoms with van der Waals surface area (Å²) in [4.78, 5) is 39.6. The number of hydrogen-bond donors (Lipinski definition) is 1. The maximum Gasteiger partial charge on any atom is 0.308 e. The molecule has 0 unspecified atom stereocenters. The molecule has 1 fully saturated rings. The summed E-state index contributed by atoms with van der Waals surface area (Å²) in [5.41, 5.74) is 0.874. The molecule has 1 aromatic carbocycles. The average Bonchev–Trinajstić information content (AvgIpc) is 3.09. The fraction of sp³-hybridized carbons (Fsp3) is 0.550. The number of nitrogens with zero attached hydrogens (tertiary/aromatic N) is 2. The summed E-state index contributed by atoms with van der Waals surface area (Å²) in [6, 6.07) is 7.11. The van der Waals surface area contributed by atoms with E-state index in [-0.39, 0.29) is 30.7 Å². The van der Waals surface area contributed by atoms with Crippen LogP contribution in [-0.4, -0.2) is 58.9 Å². The number of likely N-dealkylation sites (tertiary alicyclic amines) is 1. The van der Waals surface area contributed by atoms with E-state index in [0.29, 0.717) is 37.5 Å². The Hall–Kier alpha value is -2.08. The largest absolute Gasteiger partial charge is 0.481 e. The number of amides is 2. The first-order valence-corrected chi connectivity index (χ1v) is 9.78. The molecule has 0 spiro atoms. The van der Waals surface area contributed by atoms with Gasteiger partial charge in [-0.15, -0.1) is 0 Å². The Bertz CT molecular complexity index is 673. The third-order valence-corrected chi connectivity index (χ3v) is 5.44. The predicted octanol–water partition coefficient (Wildman–Crippen LogP) is 3.01. The third-order valence-electron chi connectivity index (χ3n) is 5.19. The molecule has 7 heteroatoms. The number of carbonyl (C=O) groups excluding carboxylic acids is 2. The Morgan fingerprint density at radius 3 is 2.30 bits per heavy atom. The van der Waals surface area contributed by atoms with Crippen LogP contribution in [-0.2, 0) is 14.4 Å². The van der Waals surface area contributed by atoms with Gasteiger partial charge in [0.2, 0.25) is 11.8 Å². The molecule has 1 aliphatic heterocycles. The molecule has 6 nitrogen and oxygen atoms in total. The quantitative estimate of drug-likeness (QED) is 0.735. The van der Waals surface area contributed by atoms with Crippen LogP contribution in [0.5, 0.6) is 0 Å². The maximum absolute atomic E-state index is 12.5. The summed E-state index contributed by atoms with van der Waals surface area (Å²) >= 11 is 5.91. The van der Waals surface area contributed by atoms with Crippen LogP contribution in [0.25, 0.3) is 0 Å². The van der Waals surface area contributed by atoms with Crippen molar-refractivity contribution >= 4 is 29.4 Å². The number of carboxylic acids is 1. The molecule has 1 N–H and O–H groups in total. The van der Waals surface area contributed by atoms with Crippen molar-refractivity contribution in [1.82, 2.24) is 9.80 Å². The highest BCUT2D eigenvalue weighted by molar-refractivity contribution is 6.30. The number of carbonyl (C=O) groups is 3. The van der Waals surface area contributed by atoms with Gasteiger partial charge in [-0.2, -0.15) is 0 Å². The number of aliphatic carboxylic acids is 1. The number of halogens is 1. The molecule has 1 heterocycles. The van der Waals surface area contributed by atoms with E-state index in [1.165, 1.54) is 0 Å². The van der Waals surface area contributed by atoms with Gasteiger partial charge < -0.3 is 14.9 Å². The summed E-state index contributed by atoms with van der Waals surface area (Å²) in [5, 5.41) is 10.1. The van der Waals surface area contributed by atoms with Gasteiger partial charge in [0.25, 0.3) is 0 Å². The van der Waals surface area contributed by atoms with Crippen molar-refractivity contribution in [2.24, 2.45) is 5.92 Å². The molecule has 27 heavy (non-hydrogen) atoms. The van der Waals surface area contributed by atoms with Gasteiger partial charge in [0.1, 0.15) is 0 Å². The minimum atomic E-state index is -0.901. The molecule has 2 amide bonds. The van der Waals surface area contributed by atoms with Crippen molar-refractivity contribution in [2.45, 2.75) is 39.0 Å². The van der Waals surface area contributed by atoms with Crippen LogP contribution in [0.1, 0.15) is 44.6 Å². The van der Waals surface area contributed by atoms with Crippen molar-refractivity contribution in [3.63, 3.8) is 0 Å². The molecule has 2 atom stereocenters. The molecule has 0 aromatic heterocycles. The monoisotopic (exact) mass is 394 g/mol. The minimum Gasteiger partial charge on any atom is -0.481 e. The van der Waals surface area contributed by atoms with Crippen molar-refractivity contribution in [1.29, 1.82) is 0 Å². The summed E-state index contributed by atoms with van der Waals surface area (Å²) in [7, 11) is 0. The fourth-order valence-electron chi connectivity index (χ4n) is 3.59. The Labute approximate surface area is 165 Å². The van der Waals surface area contributed by atoms with Crippen LogP contribution < -0.4 is 0 Å². The number of carboxylic acid groups (broad SMARTS) is 1. The maximum atomic E-state index is 12.5. The van der Waals surface area contributed by atoms with E-state index >= 15 is 0 Å². The minimum absolute atomic E-state index is 0.0525. The average molecular weight is 395 g/mol. The van der Waals surface area contributed by atoms with E-state index in [1.54, 1.807) is 21.9 Å². The molecule has 0 aliphatic carbocycles. The Morgan fingerprint density at radius 1 is 1.11 bits per heavy atom. The van der Waals surface area contributed by atoms with Crippen LogP contribution in [0.3, 0.4) is 0 Å². The van der Waals surface area contributed by atoms with Crippen LogP contribution in [0.2, 0.25) is 5.02 Å². The van der Waals surface area contributed by atoms with E-state index < -0.39 is 11.9 Å². The highest BCUT2D eigenvalue weighted by atomic mass is 35.5. The first-order valence-electron chi connectivity index (χ1n) is 9.41. The molecular weight excluding hydrogens is 368 g/mol. The molecule has 0 radical (unpaired) electrons. The molecule has 0 saturated carbocycles. The lowest BCUT2D eigenvalue weighted by atomic mass is 9.89. The summed E-state index contributed by atoms with van der Waals surface area (Å²) in [6.07, 6.45) is 1.07. The molecule has 2 rings (SSSR count). The first-order chi connectivity index (χ1) is 12.9. The normalized spacial score (nSPS) is 19.1. The summed E-state index contributed by atoms with van der Waals surface area (Å²) in [6.45, 7) is 5.77.